The van der Waals surface area contributed by atoms with Gasteiger partial charge in [0.05, 0.1) is 19.2 Å². The van der Waals surface area contributed by atoms with Crippen molar-refractivity contribution in [3.63, 3.8) is 0 Å². The van der Waals surface area contributed by atoms with Crippen molar-refractivity contribution < 1.29 is 14.3 Å². The summed E-state index contributed by atoms with van der Waals surface area (Å²) in [5, 5.41) is 2.06. The first-order valence-corrected chi connectivity index (χ1v) is 4.35. The summed E-state index contributed by atoms with van der Waals surface area (Å²) in [5.74, 6) is -0.0442. The van der Waals surface area contributed by atoms with Gasteiger partial charge in [0.15, 0.2) is 10.6 Å². The maximum atomic E-state index is 11.1. The molecule has 0 N–H and O–H groups in total. The normalized spacial score (nSPS) is 9.58. The Bertz CT molecular complexity index is 295. The van der Waals surface area contributed by atoms with E-state index in [4.69, 9.17) is 16.3 Å². The van der Waals surface area contributed by atoms with Crippen LogP contribution < -0.4 is 4.74 Å². The van der Waals surface area contributed by atoms with Gasteiger partial charge in [0, 0.05) is 5.38 Å². The molecule has 0 saturated carbocycles. The molecule has 0 fully saturated rings. The van der Waals surface area contributed by atoms with E-state index in [2.05, 4.69) is 4.74 Å². The van der Waals surface area contributed by atoms with E-state index in [0.29, 0.717) is 15.6 Å². The molecule has 0 aromatic carbocycles. The summed E-state index contributed by atoms with van der Waals surface area (Å²) in [7, 11) is 2.77. The van der Waals surface area contributed by atoms with Crippen LogP contribution in [0.4, 0.5) is 0 Å². The highest BCUT2D eigenvalue weighted by Crippen LogP contribution is 2.34. The highest BCUT2D eigenvalue weighted by molar-refractivity contribution is 7.13. The van der Waals surface area contributed by atoms with Gasteiger partial charge >= 0.3 is 5.97 Å². The van der Waals surface area contributed by atoms with Crippen LogP contribution in [0.5, 0.6) is 5.75 Å². The van der Waals surface area contributed by atoms with Crippen molar-refractivity contribution in [2.24, 2.45) is 0 Å². The van der Waals surface area contributed by atoms with Crippen LogP contribution in [0.3, 0.4) is 0 Å². The Kier molecular flexibility index (Phi) is 2.94. The van der Waals surface area contributed by atoms with Gasteiger partial charge in [-0.3, -0.25) is 0 Å². The van der Waals surface area contributed by atoms with Gasteiger partial charge in [-0.05, 0) is 0 Å². The lowest BCUT2D eigenvalue weighted by atomic mass is 10.4. The number of carbonyl (C=O) groups excluding carboxylic acids is 1. The highest BCUT2D eigenvalue weighted by Gasteiger charge is 2.17. The first kappa shape index (κ1) is 9.35. The minimum Gasteiger partial charge on any atom is -0.493 e. The molecule has 0 unspecified atom stereocenters. The van der Waals surface area contributed by atoms with Gasteiger partial charge in [0.25, 0.3) is 0 Å². The van der Waals surface area contributed by atoms with Gasteiger partial charge in [0.1, 0.15) is 0 Å². The molecule has 0 aliphatic carbocycles. The lowest BCUT2D eigenvalue weighted by Crippen LogP contribution is -2.00. The fourth-order valence-corrected chi connectivity index (χ4v) is 1.92. The van der Waals surface area contributed by atoms with E-state index < -0.39 is 5.97 Å². The van der Waals surface area contributed by atoms with Gasteiger partial charge in [-0.2, -0.15) is 0 Å². The smallest absolute Gasteiger partial charge is 0.351 e. The van der Waals surface area contributed by atoms with E-state index in [1.54, 1.807) is 5.38 Å². The van der Waals surface area contributed by atoms with Crippen LogP contribution in [0.2, 0.25) is 5.02 Å². The zero-order valence-corrected chi connectivity index (χ0v) is 8.16. The molecule has 5 heteroatoms. The molecule has 0 spiro atoms. The lowest BCUT2D eigenvalue weighted by Gasteiger charge is -2.00. The fourth-order valence-electron chi connectivity index (χ4n) is 0.750. The quantitative estimate of drug-likeness (QED) is 0.696. The molecule has 12 heavy (non-hydrogen) atoms. The molecular formula is C7H7ClO3S. The Morgan fingerprint density at radius 2 is 2.25 bits per heavy atom. The van der Waals surface area contributed by atoms with Crippen molar-refractivity contribution in [3.8, 4) is 5.75 Å². The summed E-state index contributed by atoms with van der Waals surface area (Å²) >= 11 is 6.93. The molecule has 66 valence electrons. The molecule has 1 aromatic heterocycles. The minimum absolute atomic E-state index is 0.383. The summed E-state index contributed by atoms with van der Waals surface area (Å²) in [6, 6.07) is 0. The van der Waals surface area contributed by atoms with Crippen LogP contribution in [-0.4, -0.2) is 20.2 Å². The molecule has 1 heterocycles. The maximum absolute atomic E-state index is 11.1. The third kappa shape index (κ3) is 1.54. The van der Waals surface area contributed by atoms with Crippen LogP contribution in [-0.2, 0) is 4.74 Å². The molecule has 0 aliphatic rings. The monoisotopic (exact) mass is 206 g/mol. The third-order valence-electron chi connectivity index (χ3n) is 1.28. The number of halogens is 1. The number of ether oxygens (including phenoxy) is 2. The Labute approximate surface area is 78.9 Å². The Morgan fingerprint density at radius 3 is 2.75 bits per heavy atom. The van der Waals surface area contributed by atoms with Crippen LogP contribution in [0.25, 0.3) is 0 Å². The number of hydrogen-bond acceptors (Lipinski definition) is 4. The number of methoxy groups -OCH3 is 2. The SMILES string of the molecule is COC(=O)c1scc(Cl)c1OC. The molecule has 0 amide bonds. The van der Waals surface area contributed by atoms with Crippen molar-refractivity contribution in [3.05, 3.63) is 15.3 Å². The highest BCUT2D eigenvalue weighted by atomic mass is 35.5. The fraction of sp³-hybridized carbons (Fsp3) is 0.286. The summed E-state index contributed by atoms with van der Waals surface area (Å²) in [4.78, 5) is 11.4. The number of rotatable bonds is 2. The summed E-state index contributed by atoms with van der Waals surface area (Å²) < 4.78 is 9.44. The van der Waals surface area contributed by atoms with Gasteiger partial charge in [0.2, 0.25) is 0 Å². The average molecular weight is 207 g/mol. The predicted octanol–water partition coefficient (Wildman–Crippen LogP) is 2.20. The van der Waals surface area contributed by atoms with Crippen molar-refractivity contribution in [1.82, 2.24) is 0 Å². The summed E-state index contributed by atoms with van der Waals surface area (Å²) in [6.07, 6.45) is 0. The second-order valence-corrected chi connectivity index (χ2v) is 3.22. The molecule has 1 rings (SSSR count). The summed E-state index contributed by atoms with van der Waals surface area (Å²) in [5.41, 5.74) is 0. The molecule has 0 atom stereocenters. The van der Waals surface area contributed by atoms with E-state index in [-0.39, 0.29) is 0 Å². The zero-order valence-electron chi connectivity index (χ0n) is 6.59. The van der Waals surface area contributed by atoms with Crippen LogP contribution in [0.1, 0.15) is 9.67 Å². The zero-order chi connectivity index (χ0) is 9.14. The molecule has 0 aliphatic heterocycles. The van der Waals surface area contributed by atoms with Crippen molar-refractivity contribution >= 4 is 28.9 Å². The van der Waals surface area contributed by atoms with Gasteiger partial charge in [-0.1, -0.05) is 11.6 Å². The van der Waals surface area contributed by atoms with Crippen LogP contribution in [0.15, 0.2) is 5.38 Å². The lowest BCUT2D eigenvalue weighted by molar-refractivity contribution is 0.0603. The Hall–Kier alpha value is -0.740. The Balaban J connectivity index is 3.07. The number of carbonyl (C=O) groups is 1. The second-order valence-electron chi connectivity index (χ2n) is 1.94. The second kappa shape index (κ2) is 3.78. The third-order valence-corrected chi connectivity index (χ3v) is 2.63. The van der Waals surface area contributed by atoms with E-state index >= 15 is 0 Å². The van der Waals surface area contributed by atoms with Crippen molar-refractivity contribution in [2.45, 2.75) is 0 Å². The standard InChI is InChI=1S/C7H7ClO3S/c1-10-5-4(8)3-12-6(5)7(9)11-2/h3H,1-2H3. The van der Waals surface area contributed by atoms with Crippen molar-refractivity contribution in [2.75, 3.05) is 14.2 Å². The van der Waals surface area contributed by atoms with Gasteiger partial charge in [-0.25, -0.2) is 4.79 Å². The van der Waals surface area contributed by atoms with E-state index in [0.717, 1.165) is 0 Å². The molecule has 1 aromatic rings. The predicted molar refractivity (Wildman–Crippen MR) is 47.2 cm³/mol. The Morgan fingerprint density at radius 1 is 1.58 bits per heavy atom. The molecule has 3 nitrogen and oxygen atoms in total. The maximum Gasteiger partial charge on any atom is 0.351 e. The van der Waals surface area contributed by atoms with E-state index in [9.17, 15) is 4.79 Å². The topological polar surface area (TPSA) is 35.5 Å². The first-order valence-electron chi connectivity index (χ1n) is 3.10. The average Bonchev–Trinajstić information content (AvgIpc) is 2.45. The largest absolute Gasteiger partial charge is 0.493 e. The first-order chi connectivity index (χ1) is 5.70. The van der Waals surface area contributed by atoms with E-state index in [1.807, 2.05) is 0 Å². The number of thiophene rings is 1. The molecule has 0 radical (unpaired) electrons. The minimum atomic E-state index is -0.427. The van der Waals surface area contributed by atoms with Crippen LogP contribution in [0, 0.1) is 0 Å². The van der Waals surface area contributed by atoms with Crippen molar-refractivity contribution in [1.29, 1.82) is 0 Å². The van der Waals surface area contributed by atoms with E-state index in [1.165, 1.54) is 25.6 Å². The van der Waals surface area contributed by atoms with Gasteiger partial charge in [-0.15, -0.1) is 11.3 Å². The molecular weight excluding hydrogens is 200 g/mol. The summed E-state index contributed by atoms with van der Waals surface area (Å²) in [6.45, 7) is 0. The van der Waals surface area contributed by atoms with Crippen LogP contribution >= 0.6 is 22.9 Å². The molecule has 0 bridgehead atoms. The number of esters is 1. The number of hydrogen-bond donors (Lipinski definition) is 0. The molecule has 0 saturated heterocycles. The van der Waals surface area contributed by atoms with Gasteiger partial charge < -0.3 is 9.47 Å².